The Kier molecular flexibility index (Phi) is 10.2. The summed E-state index contributed by atoms with van der Waals surface area (Å²) in [5, 5.41) is 10.4. The van der Waals surface area contributed by atoms with E-state index in [1.165, 1.54) is 69.9 Å². The molecule has 0 spiro atoms. The Hall–Kier alpha value is -3.60. The summed E-state index contributed by atoms with van der Waals surface area (Å²) in [7, 11) is 0. The molecular weight excluding hydrogens is 488 g/mol. The zero-order valence-electron chi connectivity index (χ0n) is 22.6. The van der Waals surface area contributed by atoms with Gasteiger partial charge in [0, 0.05) is 27.8 Å². The highest BCUT2D eigenvalue weighted by Crippen LogP contribution is 2.31. The first-order chi connectivity index (χ1) is 19.0. The van der Waals surface area contributed by atoms with E-state index in [4.69, 9.17) is 0 Å². The minimum atomic E-state index is -0.529. The van der Waals surface area contributed by atoms with Gasteiger partial charge in [0.2, 0.25) is 11.6 Å². The second-order valence-electron chi connectivity index (χ2n) is 10.8. The standard InChI is InChI=1S/C24H32O3.C10H6O2/c25-22-19-15-10-11-16-20(19)23(26)24(27)21(22)17-9-4-2-1-3-6-12-18-13-7-5-8-14-18;11-9-5-6-10(12)8-4-2-1-3-7(8)9/h10-11,15-16,18,25H,1-9,12-14,17H2;1-6H. The fourth-order valence-electron chi connectivity index (χ4n) is 5.81. The summed E-state index contributed by atoms with van der Waals surface area (Å²) in [6, 6.07) is 13.7. The van der Waals surface area contributed by atoms with Crippen LogP contribution >= 0.6 is 0 Å². The quantitative estimate of drug-likeness (QED) is 0.264. The normalized spacial score (nSPS) is 17.0. The molecule has 1 saturated carbocycles. The van der Waals surface area contributed by atoms with Crippen LogP contribution in [0.2, 0.25) is 0 Å². The van der Waals surface area contributed by atoms with Gasteiger partial charge in [-0.05, 0) is 30.9 Å². The van der Waals surface area contributed by atoms with E-state index < -0.39 is 11.6 Å². The predicted molar refractivity (Wildman–Crippen MR) is 153 cm³/mol. The number of aliphatic hydroxyl groups excluding tert-OH is 1. The lowest BCUT2D eigenvalue weighted by atomic mass is 9.85. The average molecular weight is 527 g/mol. The van der Waals surface area contributed by atoms with Gasteiger partial charge in [-0.25, -0.2) is 0 Å². The third-order valence-electron chi connectivity index (χ3n) is 8.05. The van der Waals surface area contributed by atoms with E-state index >= 15 is 0 Å². The highest BCUT2D eigenvalue weighted by molar-refractivity contribution is 6.52. The minimum absolute atomic E-state index is 0.00248. The van der Waals surface area contributed by atoms with E-state index in [1.807, 2.05) is 0 Å². The Morgan fingerprint density at radius 1 is 0.590 bits per heavy atom. The first-order valence-electron chi connectivity index (χ1n) is 14.4. The van der Waals surface area contributed by atoms with Gasteiger partial charge in [0.15, 0.2) is 11.6 Å². The Bertz CT molecular complexity index is 1240. The van der Waals surface area contributed by atoms with Gasteiger partial charge in [-0.1, -0.05) is 119 Å². The van der Waals surface area contributed by atoms with Crippen molar-refractivity contribution in [2.45, 2.75) is 83.5 Å². The lowest BCUT2D eigenvalue weighted by Gasteiger charge is -2.21. The number of fused-ring (bicyclic) bond motifs is 2. The molecule has 5 rings (SSSR count). The van der Waals surface area contributed by atoms with Gasteiger partial charge in [-0.3, -0.25) is 19.2 Å². The number of allylic oxidation sites excluding steroid dienone is 3. The Labute approximate surface area is 231 Å². The van der Waals surface area contributed by atoms with Crippen LogP contribution in [0, 0.1) is 5.92 Å². The third kappa shape index (κ3) is 7.29. The van der Waals surface area contributed by atoms with Crippen molar-refractivity contribution in [1.82, 2.24) is 0 Å². The summed E-state index contributed by atoms with van der Waals surface area (Å²) in [6.45, 7) is 0. The second-order valence-corrected chi connectivity index (χ2v) is 10.8. The van der Waals surface area contributed by atoms with Gasteiger partial charge >= 0.3 is 0 Å². The number of Topliss-reactive ketones (excluding diaryl/α,β-unsaturated/α-hetero) is 2. The molecule has 5 nitrogen and oxygen atoms in total. The van der Waals surface area contributed by atoms with Gasteiger partial charge in [0.1, 0.15) is 5.76 Å². The van der Waals surface area contributed by atoms with E-state index in [1.54, 1.807) is 48.5 Å². The molecule has 2 aromatic rings. The molecule has 5 heteroatoms. The van der Waals surface area contributed by atoms with Crippen molar-refractivity contribution < 1.29 is 24.3 Å². The monoisotopic (exact) mass is 526 g/mol. The number of benzene rings is 2. The van der Waals surface area contributed by atoms with Crippen LogP contribution in [-0.2, 0) is 4.79 Å². The molecule has 0 bridgehead atoms. The molecule has 3 aliphatic carbocycles. The summed E-state index contributed by atoms with van der Waals surface area (Å²) < 4.78 is 0. The van der Waals surface area contributed by atoms with Crippen molar-refractivity contribution >= 4 is 28.9 Å². The lowest BCUT2D eigenvalue weighted by Crippen LogP contribution is -2.24. The lowest BCUT2D eigenvalue weighted by molar-refractivity contribution is -0.112. The van der Waals surface area contributed by atoms with Crippen molar-refractivity contribution in [2.24, 2.45) is 5.92 Å². The number of rotatable bonds is 9. The largest absolute Gasteiger partial charge is 0.507 e. The van der Waals surface area contributed by atoms with Crippen molar-refractivity contribution in [2.75, 3.05) is 0 Å². The minimum Gasteiger partial charge on any atom is -0.507 e. The molecule has 0 aromatic heterocycles. The number of hydrogen-bond donors (Lipinski definition) is 1. The van der Waals surface area contributed by atoms with E-state index in [2.05, 4.69) is 0 Å². The fourth-order valence-corrected chi connectivity index (χ4v) is 5.81. The molecule has 3 aliphatic rings. The molecule has 204 valence electrons. The van der Waals surface area contributed by atoms with Crippen LogP contribution < -0.4 is 0 Å². The summed E-state index contributed by atoms with van der Waals surface area (Å²) >= 11 is 0. The van der Waals surface area contributed by atoms with Gasteiger partial charge in [-0.15, -0.1) is 0 Å². The molecule has 0 amide bonds. The maximum Gasteiger partial charge on any atom is 0.234 e. The number of unbranched alkanes of at least 4 members (excludes halogenated alkanes) is 5. The highest BCUT2D eigenvalue weighted by atomic mass is 16.3. The first-order valence-corrected chi connectivity index (χ1v) is 14.4. The zero-order chi connectivity index (χ0) is 27.6. The van der Waals surface area contributed by atoms with Crippen LogP contribution in [-0.4, -0.2) is 28.2 Å². The molecule has 0 radical (unpaired) electrons. The van der Waals surface area contributed by atoms with E-state index in [0.717, 1.165) is 25.2 Å². The topological polar surface area (TPSA) is 88.5 Å². The van der Waals surface area contributed by atoms with Gasteiger partial charge < -0.3 is 5.11 Å². The van der Waals surface area contributed by atoms with Crippen LogP contribution in [0.5, 0.6) is 0 Å². The van der Waals surface area contributed by atoms with E-state index in [9.17, 15) is 24.3 Å². The smallest absolute Gasteiger partial charge is 0.234 e. The molecule has 1 N–H and O–H groups in total. The van der Waals surface area contributed by atoms with Crippen LogP contribution in [0.3, 0.4) is 0 Å². The predicted octanol–water partition coefficient (Wildman–Crippen LogP) is 8.04. The summed E-state index contributed by atoms with van der Waals surface area (Å²) in [4.78, 5) is 46.9. The molecule has 39 heavy (non-hydrogen) atoms. The molecule has 0 heterocycles. The molecule has 2 aromatic carbocycles. The molecular formula is C34H38O5. The second kappa shape index (κ2) is 14.0. The number of aliphatic hydroxyl groups is 1. The van der Waals surface area contributed by atoms with Crippen LogP contribution in [0.15, 0.2) is 66.3 Å². The van der Waals surface area contributed by atoms with Crippen LogP contribution in [0.4, 0.5) is 0 Å². The zero-order valence-corrected chi connectivity index (χ0v) is 22.6. The molecule has 1 fully saturated rings. The fraction of sp³-hybridized carbons (Fsp3) is 0.412. The molecule has 0 aliphatic heterocycles. The average Bonchev–Trinajstić information content (AvgIpc) is 2.98. The summed E-state index contributed by atoms with van der Waals surface area (Å²) in [6.07, 6.45) is 18.6. The number of carbonyl (C=O) groups is 4. The van der Waals surface area contributed by atoms with E-state index in [-0.39, 0.29) is 17.3 Å². The van der Waals surface area contributed by atoms with Crippen molar-refractivity contribution in [1.29, 1.82) is 0 Å². The van der Waals surface area contributed by atoms with Crippen LogP contribution in [0.25, 0.3) is 5.76 Å². The van der Waals surface area contributed by atoms with Crippen LogP contribution in [0.1, 0.15) is 120 Å². The number of ketones is 4. The molecule has 0 atom stereocenters. The SMILES string of the molecule is O=C1C(=O)c2ccccc2C(O)=C1CCCCCCCCC1CCCCC1.O=C1C=CC(=O)c2ccccc21. The van der Waals surface area contributed by atoms with Gasteiger partial charge in [0.05, 0.1) is 0 Å². The Balaban J connectivity index is 0.000000243. The number of hydrogen-bond acceptors (Lipinski definition) is 5. The summed E-state index contributed by atoms with van der Waals surface area (Å²) in [5.74, 6) is -0.218. The summed E-state index contributed by atoms with van der Waals surface area (Å²) in [5.41, 5.74) is 2.13. The molecule has 0 unspecified atom stereocenters. The van der Waals surface area contributed by atoms with Crippen molar-refractivity contribution in [3.63, 3.8) is 0 Å². The van der Waals surface area contributed by atoms with Crippen molar-refractivity contribution in [3.8, 4) is 0 Å². The van der Waals surface area contributed by atoms with Crippen molar-refractivity contribution in [3.05, 3.63) is 88.5 Å². The Morgan fingerprint density at radius 2 is 1.10 bits per heavy atom. The maximum atomic E-state index is 12.3. The third-order valence-corrected chi connectivity index (χ3v) is 8.05. The molecule has 0 saturated heterocycles. The first kappa shape index (κ1) is 28.4. The highest BCUT2D eigenvalue weighted by Gasteiger charge is 2.31. The van der Waals surface area contributed by atoms with Gasteiger partial charge in [0.25, 0.3) is 0 Å². The van der Waals surface area contributed by atoms with Gasteiger partial charge in [-0.2, -0.15) is 0 Å². The number of carbonyl (C=O) groups excluding carboxylic acids is 4. The maximum absolute atomic E-state index is 12.3. The Morgan fingerprint density at radius 3 is 1.72 bits per heavy atom. The van der Waals surface area contributed by atoms with E-state index in [0.29, 0.717) is 34.2 Å².